The van der Waals surface area contributed by atoms with Gasteiger partial charge in [-0.05, 0) is 28.1 Å². The normalized spacial score (nSPS) is 14.4. The van der Waals surface area contributed by atoms with Crippen LogP contribution in [-0.2, 0) is 13.0 Å². The highest BCUT2D eigenvalue weighted by Gasteiger charge is 2.16. The fourth-order valence-electron chi connectivity index (χ4n) is 1.91. The predicted molar refractivity (Wildman–Crippen MR) is 68.4 cm³/mol. The van der Waals surface area contributed by atoms with Crippen molar-refractivity contribution in [3.8, 4) is 11.5 Å². The van der Waals surface area contributed by atoms with Crippen molar-refractivity contribution in [3.63, 3.8) is 0 Å². The summed E-state index contributed by atoms with van der Waals surface area (Å²) in [6.07, 6.45) is 2.70. The molecule has 2 aromatic rings. The van der Waals surface area contributed by atoms with Crippen LogP contribution in [0.2, 0.25) is 0 Å². The average molecular weight is 291 g/mol. The molecule has 2 aromatic heterocycles. The minimum absolute atomic E-state index is 0.693. The maximum atomic E-state index is 4.60. The third kappa shape index (κ3) is 2.08. The second kappa shape index (κ2) is 4.50. The van der Waals surface area contributed by atoms with Crippen LogP contribution in [0.4, 0.5) is 0 Å². The van der Waals surface area contributed by atoms with Crippen LogP contribution in [0, 0.1) is 0 Å². The Morgan fingerprint density at radius 3 is 3.00 bits per heavy atom. The van der Waals surface area contributed by atoms with E-state index in [1.54, 1.807) is 6.20 Å². The molecule has 17 heavy (non-hydrogen) atoms. The molecular weight excluding hydrogens is 280 g/mol. The first-order valence-electron chi connectivity index (χ1n) is 5.52. The summed E-state index contributed by atoms with van der Waals surface area (Å²) in [7, 11) is 0. The first-order chi connectivity index (χ1) is 8.34. The highest BCUT2D eigenvalue weighted by molar-refractivity contribution is 9.10. The van der Waals surface area contributed by atoms with E-state index in [2.05, 4.69) is 36.2 Å². The van der Waals surface area contributed by atoms with E-state index in [0.717, 1.165) is 41.1 Å². The standard InChI is InChI=1S/C12H11BrN4/c13-11-8-7-14-6-4-9(8)16-12(17-11)10-3-1-2-5-15-10/h1-3,5,14H,4,6-7H2. The van der Waals surface area contributed by atoms with Crippen LogP contribution < -0.4 is 5.32 Å². The van der Waals surface area contributed by atoms with E-state index in [1.807, 2.05) is 18.2 Å². The van der Waals surface area contributed by atoms with Gasteiger partial charge in [-0.2, -0.15) is 0 Å². The highest BCUT2D eigenvalue weighted by atomic mass is 79.9. The molecule has 1 aliphatic heterocycles. The first kappa shape index (κ1) is 10.8. The van der Waals surface area contributed by atoms with Crippen LogP contribution in [0.1, 0.15) is 11.3 Å². The van der Waals surface area contributed by atoms with Crippen LogP contribution in [0.25, 0.3) is 11.5 Å². The lowest BCUT2D eigenvalue weighted by molar-refractivity contribution is 0.623. The summed E-state index contributed by atoms with van der Waals surface area (Å²) in [6, 6.07) is 5.76. The molecule has 0 aliphatic carbocycles. The molecular formula is C12H11BrN4. The van der Waals surface area contributed by atoms with E-state index in [1.165, 1.54) is 0 Å². The van der Waals surface area contributed by atoms with Gasteiger partial charge in [0, 0.05) is 31.3 Å². The SMILES string of the molecule is Brc1nc(-c2ccccn2)nc2c1CNCC2. The Hall–Kier alpha value is -1.33. The molecule has 4 nitrogen and oxygen atoms in total. The minimum Gasteiger partial charge on any atom is -0.312 e. The summed E-state index contributed by atoms with van der Waals surface area (Å²) in [5.41, 5.74) is 3.09. The molecule has 0 radical (unpaired) electrons. The molecule has 3 heterocycles. The van der Waals surface area contributed by atoms with Crippen LogP contribution >= 0.6 is 15.9 Å². The molecule has 0 spiro atoms. The fourth-order valence-corrected chi connectivity index (χ4v) is 2.45. The van der Waals surface area contributed by atoms with E-state index >= 15 is 0 Å². The Balaban J connectivity index is 2.11. The second-order valence-electron chi connectivity index (χ2n) is 3.91. The molecule has 0 saturated carbocycles. The zero-order valence-corrected chi connectivity index (χ0v) is 10.7. The van der Waals surface area contributed by atoms with Crippen LogP contribution in [0.3, 0.4) is 0 Å². The average Bonchev–Trinajstić information content (AvgIpc) is 2.40. The molecule has 0 fully saturated rings. The Morgan fingerprint density at radius 1 is 1.24 bits per heavy atom. The van der Waals surface area contributed by atoms with E-state index < -0.39 is 0 Å². The minimum atomic E-state index is 0.693. The monoisotopic (exact) mass is 290 g/mol. The summed E-state index contributed by atoms with van der Waals surface area (Å²) in [6.45, 7) is 1.80. The summed E-state index contributed by atoms with van der Waals surface area (Å²) >= 11 is 3.51. The molecule has 86 valence electrons. The van der Waals surface area contributed by atoms with Crippen molar-refractivity contribution in [2.24, 2.45) is 0 Å². The van der Waals surface area contributed by atoms with Gasteiger partial charge in [0.25, 0.3) is 0 Å². The zero-order valence-electron chi connectivity index (χ0n) is 9.15. The van der Waals surface area contributed by atoms with E-state index in [4.69, 9.17) is 0 Å². The Kier molecular flexibility index (Phi) is 2.86. The van der Waals surface area contributed by atoms with Crippen molar-refractivity contribution in [2.45, 2.75) is 13.0 Å². The summed E-state index contributed by atoms with van der Waals surface area (Å²) in [4.78, 5) is 13.3. The Morgan fingerprint density at radius 2 is 2.18 bits per heavy atom. The quantitative estimate of drug-likeness (QED) is 0.816. The molecule has 0 aromatic carbocycles. The van der Waals surface area contributed by atoms with E-state index in [9.17, 15) is 0 Å². The Bertz CT molecular complexity index is 542. The number of pyridine rings is 1. The topological polar surface area (TPSA) is 50.7 Å². The van der Waals surface area contributed by atoms with Gasteiger partial charge in [0.05, 0.1) is 5.69 Å². The molecule has 0 amide bonds. The molecule has 1 N–H and O–H groups in total. The molecule has 3 rings (SSSR count). The zero-order chi connectivity index (χ0) is 11.7. The van der Waals surface area contributed by atoms with Gasteiger partial charge in [0.15, 0.2) is 5.82 Å². The van der Waals surface area contributed by atoms with Crippen molar-refractivity contribution in [3.05, 3.63) is 40.3 Å². The molecule has 0 saturated heterocycles. The van der Waals surface area contributed by atoms with Crippen molar-refractivity contribution >= 4 is 15.9 Å². The summed E-state index contributed by atoms with van der Waals surface area (Å²) < 4.78 is 0.871. The lowest BCUT2D eigenvalue weighted by Gasteiger charge is -2.17. The van der Waals surface area contributed by atoms with E-state index in [0.29, 0.717) is 5.82 Å². The smallest absolute Gasteiger partial charge is 0.179 e. The van der Waals surface area contributed by atoms with Gasteiger partial charge in [-0.15, -0.1) is 0 Å². The molecule has 5 heteroatoms. The van der Waals surface area contributed by atoms with Crippen LogP contribution in [0.15, 0.2) is 29.0 Å². The lowest BCUT2D eigenvalue weighted by atomic mass is 10.1. The fraction of sp³-hybridized carbons (Fsp3) is 0.250. The van der Waals surface area contributed by atoms with Gasteiger partial charge >= 0.3 is 0 Å². The number of rotatable bonds is 1. The highest BCUT2D eigenvalue weighted by Crippen LogP contribution is 2.23. The number of nitrogens with one attached hydrogen (secondary N) is 1. The van der Waals surface area contributed by atoms with Gasteiger partial charge in [0.2, 0.25) is 0 Å². The number of hydrogen-bond donors (Lipinski definition) is 1. The van der Waals surface area contributed by atoms with Gasteiger partial charge in [-0.25, -0.2) is 9.97 Å². The first-order valence-corrected chi connectivity index (χ1v) is 6.31. The van der Waals surface area contributed by atoms with Crippen molar-refractivity contribution < 1.29 is 0 Å². The summed E-state index contributed by atoms with van der Waals surface area (Å²) in [5.74, 6) is 0.693. The van der Waals surface area contributed by atoms with Gasteiger partial charge in [-0.1, -0.05) is 6.07 Å². The Labute approximate surface area is 108 Å². The third-order valence-electron chi connectivity index (χ3n) is 2.78. The molecule has 1 aliphatic rings. The number of aromatic nitrogens is 3. The largest absolute Gasteiger partial charge is 0.312 e. The van der Waals surface area contributed by atoms with Crippen LogP contribution in [0.5, 0.6) is 0 Å². The number of halogens is 1. The molecule has 0 atom stereocenters. The number of hydrogen-bond acceptors (Lipinski definition) is 4. The molecule has 0 bridgehead atoms. The van der Waals surface area contributed by atoms with E-state index in [-0.39, 0.29) is 0 Å². The van der Waals surface area contributed by atoms with Gasteiger partial charge in [0.1, 0.15) is 10.3 Å². The molecule has 0 unspecified atom stereocenters. The van der Waals surface area contributed by atoms with Gasteiger partial charge in [-0.3, -0.25) is 4.98 Å². The third-order valence-corrected chi connectivity index (χ3v) is 3.43. The van der Waals surface area contributed by atoms with Crippen molar-refractivity contribution in [1.82, 2.24) is 20.3 Å². The number of nitrogens with zero attached hydrogens (tertiary/aromatic N) is 3. The predicted octanol–water partition coefficient (Wildman–Crippen LogP) is 1.95. The van der Waals surface area contributed by atoms with Crippen LogP contribution in [-0.4, -0.2) is 21.5 Å². The van der Waals surface area contributed by atoms with Gasteiger partial charge < -0.3 is 5.32 Å². The number of fused-ring (bicyclic) bond motifs is 1. The van der Waals surface area contributed by atoms with Crippen molar-refractivity contribution in [2.75, 3.05) is 6.54 Å². The second-order valence-corrected chi connectivity index (χ2v) is 4.66. The maximum absolute atomic E-state index is 4.60. The lowest BCUT2D eigenvalue weighted by Crippen LogP contribution is -2.25. The summed E-state index contributed by atoms with van der Waals surface area (Å²) in [5, 5.41) is 3.32. The maximum Gasteiger partial charge on any atom is 0.179 e. The van der Waals surface area contributed by atoms with Crippen molar-refractivity contribution in [1.29, 1.82) is 0 Å².